The second-order valence-electron chi connectivity index (χ2n) is 5.62. The van der Waals surface area contributed by atoms with Gasteiger partial charge in [-0.05, 0) is 24.9 Å². The number of nitrogens with zero attached hydrogens (tertiary/aromatic N) is 1. The standard InChI is InChI=1S/C15H22N2O/c1-11-6-8-17(10-13(11)16)14-7-9-18-15-5-3-2-4-12(14)15/h2-5,11,13-14H,6-10,16H2,1H3. The van der Waals surface area contributed by atoms with E-state index in [-0.39, 0.29) is 0 Å². The van der Waals surface area contributed by atoms with Gasteiger partial charge in [0.25, 0.3) is 0 Å². The fourth-order valence-electron chi connectivity index (χ4n) is 3.11. The summed E-state index contributed by atoms with van der Waals surface area (Å²) < 4.78 is 5.73. The van der Waals surface area contributed by atoms with Crippen LogP contribution in [0.15, 0.2) is 24.3 Å². The highest BCUT2D eigenvalue weighted by molar-refractivity contribution is 5.37. The molecule has 1 aromatic rings. The Balaban J connectivity index is 1.81. The Morgan fingerprint density at radius 1 is 1.28 bits per heavy atom. The predicted molar refractivity (Wildman–Crippen MR) is 72.6 cm³/mol. The van der Waals surface area contributed by atoms with Gasteiger partial charge in [0.1, 0.15) is 5.75 Å². The van der Waals surface area contributed by atoms with Crippen LogP contribution in [0.3, 0.4) is 0 Å². The molecule has 1 saturated heterocycles. The number of likely N-dealkylation sites (tertiary alicyclic amines) is 1. The van der Waals surface area contributed by atoms with Gasteiger partial charge in [0.05, 0.1) is 6.61 Å². The molecule has 3 unspecified atom stereocenters. The minimum atomic E-state index is 0.314. The highest BCUT2D eigenvalue weighted by Gasteiger charge is 2.31. The lowest BCUT2D eigenvalue weighted by Gasteiger charge is -2.41. The first-order valence-corrected chi connectivity index (χ1v) is 6.97. The number of piperidine rings is 1. The van der Waals surface area contributed by atoms with Crippen LogP contribution >= 0.6 is 0 Å². The second-order valence-corrected chi connectivity index (χ2v) is 5.62. The predicted octanol–water partition coefficient (Wildman–Crippen LogP) is 2.18. The lowest BCUT2D eigenvalue weighted by Crippen LogP contribution is -2.49. The molecular formula is C15H22N2O. The third-order valence-corrected chi connectivity index (χ3v) is 4.42. The van der Waals surface area contributed by atoms with E-state index < -0.39 is 0 Å². The molecular weight excluding hydrogens is 224 g/mol. The topological polar surface area (TPSA) is 38.5 Å². The summed E-state index contributed by atoms with van der Waals surface area (Å²) >= 11 is 0. The van der Waals surface area contributed by atoms with Gasteiger partial charge in [0.2, 0.25) is 0 Å². The highest BCUT2D eigenvalue weighted by atomic mass is 16.5. The Kier molecular flexibility index (Phi) is 3.27. The van der Waals surface area contributed by atoms with Gasteiger partial charge in [-0.15, -0.1) is 0 Å². The first kappa shape index (κ1) is 12.0. The van der Waals surface area contributed by atoms with Gasteiger partial charge in [0, 0.05) is 30.6 Å². The molecule has 0 amide bonds. The minimum absolute atomic E-state index is 0.314. The van der Waals surface area contributed by atoms with Crippen LogP contribution < -0.4 is 10.5 Å². The van der Waals surface area contributed by atoms with E-state index in [9.17, 15) is 0 Å². The smallest absolute Gasteiger partial charge is 0.124 e. The van der Waals surface area contributed by atoms with Crippen molar-refractivity contribution in [3.8, 4) is 5.75 Å². The Morgan fingerprint density at radius 3 is 2.94 bits per heavy atom. The molecule has 1 aromatic carbocycles. The summed E-state index contributed by atoms with van der Waals surface area (Å²) in [7, 11) is 0. The second kappa shape index (κ2) is 4.90. The SMILES string of the molecule is CC1CCN(C2CCOc3ccccc32)CC1N. The average molecular weight is 246 g/mol. The molecule has 0 aromatic heterocycles. The number of fused-ring (bicyclic) bond motifs is 1. The van der Waals surface area contributed by atoms with E-state index in [1.807, 2.05) is 6.07 Å². The number of para-hydroxylation sites is 1. The van der Waals surface area contributed by atoms with Crippen molar-refractivity contribution in [2.24, 2.45) is 11.7 Å². The van der Waals surface area contributed by atoms with E-state index in [4.69, 9.17) is 10.5 Å². The van der Waals surface area contributed by atoms with Gasteiger partial charge in [-0.2, -0.15) is 0 Å². The van der Waals surface area contributed by atoms with Crippen LogP contribution in [-0.4, -0.2) is 30.6 Å². The van der Waals surface area contributed by atoms with Gasteiger partial charge in [0.15, 0.2) is 0 Å². The average Bonchev–Trinajstić information content (AvgIpc) is 2.41. The molecule has 0 saturated carbocycles. The van der Waals surface area contributed by atoms with Crippen LogP contribution in [0.1, 0.15) is 31.4 Å². The molecule has 0 radical (unpaired) electrons. The van der Waals surface area contributed by atoms with E-state index in [2.05, 4.69) is 30.0 Å². The first-order chi connectivity index (χ1) is 8.75. The first-order valence-electron chi connectivity index (χ1n) is 6.97. The Morgan fingerprint density at radius 2 is 2.11 bits per heavy atom. The molecule has 18 heavy (non-hydrogen) atoms. The van der Waals surface area contributed by atoms with Crippen molar-refractivity contribution in [2.75, 3.05) is 19.7 Å². The van der Waals surface area contributed by atoms with Crippen LogP contribution in [0.5, 0.6) is 5.75 Å². The quantitative estimate of drug-likeness (QED) is 0.825. The zero-order chi connectivity index (χ0) is 12.5. The molecule has 3 rings (SSSR count). The van der Waals surface area contributed by atoms with E-state index in [1.165, 1.54) is 12.0 Å². The summed E-state index contributed by atoms with van der Waals surface area (Å²) in [6.07, 6.45) is 2.29. The van der Waals surface area contributed by atoms with Crippen LogP contribution in [0, 0.1) is 5.92 Å². The molecule has 2 aliphatic rings. The number of benzene rings is 1. The van der Waals surface area contributed by atoms with Crippen molar-refractivity contribution in [3.63, 3.8) is 0 Å². The maximum atomic E-state index is 6.22. The summed E-state index contributed by atoms with van der Waals surface area (Å²) in [5, 5.41) is 0. The summed E-state index contributed by atoms with van der Waals surface area (Å²) in [4.78, 5) is 2.55. The van der Waals surface area contributed by atoms with E-state index in [0.717, 1.165) is 31.9 Å². The summed E-state index contributed by atoms with van der Waals surface area (Å²) in [6.45, 7) is 5.26. The Hall–Kier alpha value is -1.06. The highest BCUT2D eigenvalue weighted by Crippen LogP contribution is 2.37. The Labute approximate surface area is 109 Å². The van der Waals surface area contributed by atoms with E-state index in [0.29, 0.717) is 18.0 Å². The van der Waals surface area contributed by atoms with Crippen LogP contribution in [-0.2, 0) is 0 Å². The normalized spacial score (nSPS) is 32.7. The van der Waals surface area contributed by atoms with Gasteiger partial charge >= 0.3 is 0 Å². The molecule has 3 nitrogen and oxygen atoms in total. The third kappa shape index (κ3) is 2.13. The van der Waals surface area contributed by atoms with Crippen LogP contribution in [0.25, 0.3) is 0 Å². The van der Waals surface area contributed by atoms with Gasteiger partial charge < -0.3 is 10.5 Å². The molecule has 0 bridgehead atoms. The third-order valence-electron chi connectivity index (χ3n) is 4.42. The van der Waals surface area contributed by atoms with Gasteiger partial charge in [-0.1, -0.05) is 25.1 Å². The molecule has 3 heteroatoms. The maximum absolute atomic E-state index is 6.22. The summed E-state index contributed by atoms with van der Waals surface area (Å²) in [5.41, 5.74) is 7.56. The van der Waals surface area contributed by atoms with Gasteiger partial charge in [-0.25, -0.2) is 0 Å². The van der Waals surface area contributed by atoms with Crippen molar-refractivity contribution in [2.45, 2.75) is 31.8 Å². The van der Waals surface area contributed by atoms with Gasteiger partial charge in [-0.3, -0.25) is 4.90 Å². The zero-order valence-corrected chi connectivity index (χ0v) is 11.0. The molecule has 1 fully saturated rings. The summed E-state index contributed by atoms with van der Waals surface area (Å²) in [5.74, 6) is 1.71. The number of ether oxygens (including phenoxy) is 1. The zero-order valence-electron chi connectivity index (χ0n) is 11.0. The number of hydrogen-bond donors (Lipinski definition) is 1. The van der Waals surface area contributed by atoms with E-state index >= 15 is 0 Å². The van der Waals surface area contributed by atoms with E-state index in [1.54, 1.807) is 0 Å². The molecule has 2 aliphatic heterocycles. The lowest BCUT2D eigenvalue weighted by atomic mass is 9.90. The number of hydrogen-bond acceptors (Lipinski definition) is 3. The fourth-order valence-corrected chi connectivity index (χ4v) is 3.11. The monoisotopic (exact) mass is 246 g/mol. The van der Waals surface area contributed by atoms with Crippen molar-refractivity contribution < 1.29 is 4.74 Å². The minimum Gasteiger partial charge on any atom is -0.493 e. The molecule has 2 N–H and O–H groups in total. The van der Waals surface area contributed by atoms with Crippen LogP contribution in [0.2, 0.25) is 0 Å². The lowest BCUT2D eigenvalue weighted by molar-refractivity contribution is 0.0905. The van der Waals surface area contributed by atoms with Crippen molar-refractivity contribution in [1.29, 1.82) is 0 Å². The van der Waals surface area contributed by atoms with Crippen molar-refractivity contribution in [1.82, 2.24) is 4.90 Å². The maximum Gasteiger partial charge on any atom is 0.124 e. The number of rotatable bonds is 1. The molecule has 3 atom stereocenters. The van der Waals surface area contributed by atoms with Crippen LogP contribution in [0.4, 0.5) is 0 Å². The number of nitrogens with two attached hydrogens (primary N) is 1. The molecule has 2 heterocycles. The largest absolute Gasteiger partial charge is 0.493 e. The van der Waals surface area contributed by atoms with Crippen molar-refractivity contribution >= 4 is 0 Å². The van der Waals surface area contributed by atoms with Crippen molar-refractivity contribution in [3.05, 3.63) is 29.8 Å². The molecule has 98 valence electrons. The molecule has 0 aliphatic carbocycles. The molecule has 0 spiro atoms. The summed E-state index contributed by atoms with van der Waals surface area (Å²) in [6, 6.07) is 9.23. The Bertz CT molecular complexity index is 421. The fraction of sp³-hybridized carbons (Fsp3) is 0.600.